The van der Waals surface area contributed by atoms with Crippen LogP contribution in [0.3, 0.4) is 0 Å². The SMILES string of the molecule is N#CC1(C(=O)Nc2nccs2)CC1. The van der Waals surface area contributed by atoms with Crippen molar-refractivity contribution in [3.63, 3.8) is 0 Å². The van der Waals surface area contributed by atoms with Crippen LogP contribution in [0.4, 0.5) is 5.13 Å². The number of nitrogens with one attached hydrogen (secondary N) is 1. The molecular formula is C8H7N3OS. The van der Waals surface area contributed by atoms with Gasteiger partial charge in [-0.25, -0.2) is 4.98 Å². The van der Waals surface area contributed by atoms with Crippen molar-refractivity contribution in [1.29, 1.82) is 5.26 Å². The largest absolute Gasteiger partial charge is 0.301 e. The highest BCUT2D eigenvalue weighted by Crippen LogP contribution is 2.45. The molecule has 0 aromatic carbocycles. The van der Waals surface area contributed by atoms with Crippen LogP contribution in [0.1, 0.15) is 12.8 Å². The van der Waals surface area contributed by atoms with Crippen molar-refractivity contribution in [2.75, 3.05) is 5.32 Å². The standard InChI is InChI=1S/C8H7N3OS/c9-5-8(1-2-8)6(12)11-7-10-3-4-13-7/h3-4H,1-2H2,(H,10,11,12). The van der Waals surface area contributed by atoms with Gasteiger partial charge in [0.2, 0.25) is 5.91 Å². The van der Waals surface area contributed by atoms with Gasteiger partial charge in [-0.15, -0.1) is 11.3 Å². The summed E-state index contributed by atoms with van der Waals surface area (Å²) in [7, 11) is 0. The average molecular weight is 193 g/mol. The summed E-state index contributed by atoms with van der Waals surface area (Å²) in [5.41, 5.74) is -0.758. The van der Waals surface area contributed by atoms with Gasteiger partial charge in [0.1, 0.15) is 5.41 Å². The minimum atomic E-state index is -0.758. The van der Waals surface area contributed by atoms with Gasteiger partial charge in [0, 0.05) is 11.6 Å². The van der Waals surface area contributed by atoms with Gasteiger partial charge < -0.3 is 5.32 Å². The maximum Gasteiger partial charge on any atom is 0.246 e. The molecule has 4 nitrogen and oxygen atoms in total. The molecule has 1 fully saturated rings. The molecule has 0 radical (unpaired) electrons. The number of nitrogens with zero attached hydrogens (tertiary/aromatic N) is 2. The second-order valence-corrected chi connectivity index (χ2v) is 3.88. The fourth-order valence-corrected chi connectivity index (χ4v) is 1.54. The number of hydrogen-bond acceptors (Lipinski definition) is 4. The van der Waals surface area contributed by atoms with E-state index in [2.05, 4.69) is 10.3 Å². The Bertz CT molecular complexity index is 361. The quantitative estimate of drug-likeness (QED) is 0.771. The van der Waals surface area contributed by atoms with Crippen LogP contribution in [0.15, 0.2) is 11.6 Å². The van der Waals surface area contributed by atoms with E-state index < -0.39 is 5.41 Å². The van der Waals surface area contributed by atoms with E-state index in [4.69, 9.17) is 5.26 Å². The second kappa shape index (κ2) is 2.82. The zero-order valence-corrected chi connectivity index (χ0v) is 7.60. The smallest absolute Gasteiger partial charge is 0.246 e. The lowest BCUT2D eigenvalue weighted by atomic mass is 10.1. The molecule has 5 heteroatoms. The molecule has 1 aromatic heterocycles. The van der Waals surface area contributed by atoms with Gasteiger partial charge in [-0.05, 0) is 12.8 Å². The molecule has 0 unspecified atom stereocenters. The second-order valence-electron chi connectivity index (χ2n) is 2.99. The number of carbonyl (C=O) groups is 1. The van der Waals surface area contributed by atoms with Crippen LogP contribution < -0.4 is 5.32 Å². The van der Waals surface area contributed by atoms with Gasteiger partial charge in [0.05, 0.1) is 6.07 Å². The first-order valence-corrected chi connectivity index (χ1v) is 4.77. The maximum absolute atomic E-state index is 11.5. The van der Waals surface area contributed by atoms with Crippen molar-refractivity contribution in [2.24, 2.45) is 5.41 Å². The van der Waals surface area contributed by atoms with E-state index in [0.717, 1.165) is 0 Å². The van der Waals surface area contributed by atoms with Crippen molar-refractivity contribution in [3.8, 4) is 6.07 Å². The van der Waals surface area contributed by atoms with Crippen LogP contribution in [0.2, 0.25) is 0 Å². The van der Waals surface area contributed by atoms with Crippen molar-refractivity contribution >= 4 is 22.4 Å². The van der Waals surface area contributed by atoms with Gasteiger partial charge >= 0.3 is 0 Å². The fraction of sp³-hybridized carbons (Fsp3) is 0.375. The fourth-order valence-electron chi connectivity index (χ4n) is 1.02. The molecule has 2 rings (SSSR count). The van der Waals surface area contributed by atoms with Crippen molar-refractivity contribution in [3.05, 3.63) is 11.6 Å². The lowest BCUT2D eigenvalue weighted by Gasteiger charge is -2.03. The number of carbonyl (C=O) groups excluding carboxylic acids is 1. The molecule has 66 valence electrons. The molecule has 13 heavy (non-hydrogen) atoms. The average Bonchev–Trinajstić information content (AvgIpc) is 2.79. The molecule has 1 N–H and O–H groups in total. The molecule has 1 amide bonds. The van der Waals surface area contributed by atoms with E-state index in [1.54, 1.807) is 11.6 Å². The Morgan fingerprint density at radius 3 is 3.00 bits per heavy atom. The summed E-state index contributed by atoms with van der Waals surface area (Å²) < 4.78 is 0. The summed E-state index contributed by atoms with van der Waals surface area (Å²) in [6.07, 6.45) is 2.95. The first-order valence-electron chi connectivity index (χ1n) is 3.89. The first kappa shape index (κ1) is 8.20. The molecular weight excluding hydrogens is 186 g/mol. The van der Waals surface area contributed by atoms with E-state index in [0.29, 0.717) is 18.0 Å². The molecule has 0 spiro atoms. The summed E-state index contributed by atoms with van der Waals surface area (Å²) in [5, 5.41) is 13.7. The lowest BCUT2D eigenvalue weighted by molar-refractivity contribution is -0.119. The number of anilines is 1. The minimum Gasteiger partial charge on any atom is -0.301 e. The van der Waals surface area contributed by atoms with E-state index in [1.165, 1.54) is 11.3 Å². The number of hydrogen-bond donors (Lipinski definition) is 1. The predicted molar refractivity (Wildman–Crippen MR) is 48.0 cm³/mol. The molecule has 1 aliphatic rings. The van der Waals surface area contributed by atoms with E-state index >= 15 is 0 Å². The Morgan fingerprint density at radius 2 is 2.54 bits per heavy atom. The van der Waals surface area contributed by atoms with Crippen molar-refractivity contribution in [2.45, 2.75) is 12.8 Å². The van der Waals surface area contributed by atoms with Crippen LogP contribution >= 0.6 is 11.3 Å². The number of aromatic nitrogens is 1. The van der Waals surface area contributed by atoms with Crippen LogP contribution in [0, 0.1) is 16.7 Å². The zero-order chi connectivity index (χ0) is 9.31. The Balaban J connectivity index is 2.05. The highest BCUT2D eigenvalue weighted by molar-refractivity contribution is 7.13. The molecule has 0 bridgehead atoms. The number of rotatable bonds is 2. The summed E-state index contributed by atoms with van der Waals surface area (Å²) in [6.45, 7) is 0. The molecule has 1 saturated carbocycles. The third-order valence-electron chi connectivity index (χ3n) is 2.05. The zero-order valence-electron chi connectivity index (χ0n) is 6.78. The number of nitriles is 1. The molecule has 0 saturated heterocycles. The molecule has 0 atom stereocenters. The Morgan fingerprint density at radius 1 is 1.77 bits per heavy atom. The third kappa shape index (κ3) is 1.40. The number of thiazole rings is 1. The Kier molecular flexibility index (Phi) is 1.78. The van der Waals surface area contributed by atoms with Crippen molar-refractivity contribution in [1.82, 2.24) is 4.98 Å². The summed E-state index contributed by atoms with van der Waals surface area (Å²) in [5.74, 6) is -0.218. The van der Waals surface area contributed by atoms with Gasteiger partial charge in [0.15, 0.2) is 5.13 Å². The number of amides is 1. The van der Waals surface area contributed by atoms with Gasteiger partial charge in [-0.2, -0.15) is 5.26 Å². The van der Waals surface area contributed by atoms with Crippen LogP contribution in [0.25, 0.3) is 0 Å². The topological polar surface area (TPSA) is 65.8 Å². The van der Waals surface area contributed by atoms with Gasteiger partial charge in [-0.1, -0.05) is 0 Å². The summed E-state index contributed by atoms with van der Waals surface area (Å²) in [6, 6.07) is 2.03. The molecule has 0 aliphatic heterocycles. The highest BCUT2D eigenvalue weighted by Gasteiger charge is 2.50. The van der Waals surface area contributed by atoms with E-state index in [9.17, 15) is 4.79 Å². The lowest BCUT2D eigenvalue weighted by Crippen LogP contribution is -2.22. The highest BCUT2D eigenvalue weighted by atomic mass is 32.1. The minimum absolute atomic E-state index is 0.218. The van der Waals surface area contributed by atoms with Gasteiger partial charge in [-0.3, -0.25) is 4.79 Å². The normalized spacial score (nSPS) is 17.5. The monoisotopic (exact) mass is 193 g/mol. The molecule has 1 aromatic rings. The maximum atomic E-state index is 11.5. The first-order chi connectivity index (χ1) is 6.27. The van der Waals surface area contributed by atoms with Crippen LogP contribution in [-0.2, 0) is 4.79 Å². The Labute approximate surface area is 79.2 Å². The Hall–Kier alpha value is -1.41. The predicted octanol–water partition coefficient (Wildman–Crippen LogP) is 1.39. The third-order valence-corrected chi connectivity index (χ3v) is 2.74. The molecule has 1 heterocycles. The van der Waals surface area contributed by atoms with E-state index in [1.807, 2.05) is 6.07 Å². The summed E-state index contributed by atoms with van der Waals surface area (Å²) in [4.78, 5) is 15.4. The van der Waals surface area contributed by atoms with Crippen LogP contribution in [0.5, 0.6) is 0 Å². The molecule has 1 aliphatic carbocycles. The van der Waals surface area contributed by atoms with Crippen LogP contribution in [-0.4, -0.2) is 10.9 Å². The van der Waals surface area contributed by atoms with E-state index in [-0.39, 0.29) is 5.91 Å². The summed E-state index contributed by atoms with van der Waals surface area (Å²) >= 11 is 1.35. The van der Waals surface area contributed by atoms with Crippen molar-refractivity contribution < 1.29 is 4.79 Å². The van der Waals surface area contributed by atoms with Gasteiger partial charge in [0.25, 0.3) is 0 Å².